The molecule has 4 heterocycles. The minimum absolute atomic E-state index is 0.0469. The molecule has 0 radical (unpaired) electrons. The molecule has 4 rings (SSSR count). The Labute approximate surface area is 175 Å². The van der Waals surface area contributed by atoms with Crippen LogP contribution >= 0.6 is 0 Å². The molecule has 3 atom stereocenters. The lowest BCUT2D eigenvalue weighted by atomic mass is 9.98. The van der Waals surface area contributed by atoms with E-state index in [1.807, 2.05) is 24.3 Å². The first-order valence-corrected chi connectivity index (χ1v) is 9.76. The number of carbonyl (C=O) groups is 2. The standard InChI is InChI=1S/C18H22N2O4.C2HF3O2/c21-18(19-11-13-3-1-9-22-13)17-6-5-15-16(24-17)7-8-20(15)12-14-4-2-10-23-14;3-2(4,5)1(6)7/h1-4,9-10,15-17H,5-8,11-12H2,(H,19,21);(H,6,7)/t15-,16-,17-;/m1./s1. The van der Waals surface area contributed by atoms with Crippen LogP contribution in [0.3, 0.4) is 0 Å². The molecular weight excluding hydrogens is 421 g/mol. The van der Waals surface area contributed by atoms with Crippen molar-refractivity contribution in [2.24, 2.45) is 0 Å². The van der Waals surface area contributed by atoms with Gasteiger partial charge in [0, 0.05) is 12.6 Å². The Balaban J connectivity index is 0.000000339. The summed E-state index contributed by atoms with van der Waals surface area (Å²) >= 11 is 0. The smallest absolute Gasteiger partial charge is 0.475 e. The third-order valence-corrected chi connectivity index (χ3v) is 5.15. The number of likely N-dealkylation sites (tertiary alicyclic amines) is 1. The second-order valence-corrected chi connectivity index (χ2v) is 7.25. The van der Waals surface area contributed by atoms with Gasteiger partial charge in [-0.05, 0) is 43.5 Å². The number of nitrogens with one attached hydrogen (secondary N) is 1. The van der Waals surface area contributed by atoms with Gasteiger partial charge in [0.25, 0.3) is 0 Å². The Kier molecular flexibility index (Phi) is 7.39. The van der Waals surface area contributed by atoms with Gasteiger partial charge in [-0.2, -0.15) is 13.2 Å². The molecule has 0 spiro atoms. The van der Waals surface area contributed by atoms with Gasteiger partial charge in [0.15, 0.2) is 0 Å². The molecule has 8 nitrogen and oxygen atoms in total. The maximum atomic E-state index is 12.3. The minimum atomic E-state index is -5.08. The molecule has 2 aliphatic heterocycles. The minimum Gasteiger partial charge on any atom is -0.475 e. The van der Waals surface area contributed by atoms with Crippen molar-refractivity contribution in [2.75, 3.05) is 6.54 Å². The van der Waals surface area contributed by atoms with Crippen molar-refractivity contribution >= 4 is 11.9 Å². The van der Waals surface area contributed by atoms with E-state index in [0.29, 0.717) is 12.6 Å². The zero-order valence-electron chi connectivity index (χ0n) is 16.5. The van der Waals surface area contributed by atoms with Crippen molar-refractivity contribution in [3.8, 4) is 0 Å². The van der Waals surface area contributed by atoms with Gasteiger partial charge >= 0.3 is 12.1 Å². The number of amides is 1. The van der Waals surface area contributed by atoms with E-state index in [2.05, 4.69) is 10.2 Å². The molecule has 0 unspecified atom stereocenters. The third kappa shape index (κ3) is 6.34. The number of halogens is 3. The Morgan fingerprint density at radius 3 is 2.32 bits per heavy atom. The molecule has 2 aromatic rings. The van der Waals surface area contributed by atoms with Crippen molar-refractivity contribution in [3.05, 3.63) is 48.3 Å². The van der Waals surface area contributed by atoms with Crippen molar-refractivity contribution < 1.29 is 41.4 Å². The summed E-state index contributed by atoms with van der Waals surface area (Å²) in [5, 5.41) is 10.0. The molecule has 2 fully saturated rings. The van der Waals surface area contributed by atoms with E-state index in [4.69, 9.17) is 23.5 Å². The van der Waals surface area contributed by atoms with Crippen LogP contribution in [0.5, 0.6) is 0 Å². The third-order valence-electron chi connectivity index (χ3n) is 5.15. The number of ether oxygens (including phenoxy) is 1. The number of hydrogen-bond acceptors (Lipinski definition) is 6. The number of carboxylic acid groups (broad SMARTS) is 1. The van der Waals surface area contributed by atoms with Crippen molar-refractivity contribution in [3.63, 3.8) is 0 Å². The van der Waals surface area contributed by atoms with Gasteiger partial charge in [0.1, 0.15) is 17.6 Å². The average Bonchev–Trinajstić information content (AvgIpc) is 3.49. The molecule has 0 aliphatic carbocycles. The molecular formula is C20H23F3N2O6. The van der Waals surface area contributed by atoms with Crippen LogP contribution in [0.1, 0.15) is 30.8 Å². The van der Waals surface area contributed by atoms with Crippen molar-refractivity contribution in [1.82, 2.24) is 10.2 Å². The van der Waals surface area contributed by atoms with Crippen LogP contribution in [-0.2, 0) is 27.4 Å². The highest BCUT2D eigenvalue weighted by molar-refractivity contribution is 5.80. The van der Waals surface area contributed by atoms with Gasteiger partial charge in [0.2, 0.25) is 5.91 Å². The Morgan fingerprint density at radius 1 is 1.10 bits per heavy atom. The van der Waals surface area contributed by atoms with Gasteiger partial charge in [0.05, 0.1) is 31.7 Å². The second kappa shape index (κ2) is 10.0. The number of aliphatic carboxylic acids is 1. The monoisotopic (exact) mass is 444 g/mol. The zero-order valence-corrected chi connectivity index (χ0v) is 16.5. The number of carboxylic acids is 1. The van der Waals surface area contributed by atoms with E-state index in [1.54, 1.807) is 12.5 Å². The maximum absolute atomic E-state index is 12.3. The molecule has 170 valence electrons. The zero-order chi connectivity index (χ0) is 22.4. The lowest BCUT2D eigenvalue weighted by molar-refractivity contribution is -0.192. The number of alkyl halides is 3. The van der Waals surface area contributed by atoms with Gasteiger partial charge in [-0.3, -0.25) is 9.69 Å². The summed E-state index contributed by atoms with van der Waals surface area (Å²) in [5.41, 5.74) is 0. The normalized spacial score (nSPS) is 23.5. The molecule has 2 aliphatic rings. The summed E-state index contributed by atoms with van der Waals surface area (Å²) in [6.45, 7) is 2.20. The number of furan rings is 2. The van der Waals surface area contributed by atoms with E-state index in [1.165, 1.54) is 0 Å². The summed E-state index contributed by atoms with van der Waals surface area (Å²) in [7, 11) is 0. The van der Waals surface area contributed by atoms with E-state index in [0.717, 1.165) is 43.9 Å². The van der Waals surface area contributed by atoms with Gasteiger partial charge in [-0.1, -0.05) is 0 Å². The van der Waals surface area contributed by atoms with Gasteiger partial charge < -0.3 is 24.0 Å². The van der Waals surface area contributed by atoms with Crippen LogP contribution in [0.25, 0.3) is 0 Å². The summed E-state index contributed by atoms with van der Waals surface area (Å²) in [6.07, 6.45) is 0.699. The van der Waals surface area contributed by atoms with E-state index < -0.39 is 12.1 Å². The summed E-state index contributed by atoms with van der Waals surface area (Å²) in [5.74, 6) is -1.07. The van der Waals surface area contributed by atoms with Crippen molar-refractivity contribution in [2.45, 2.75) is 56.8 Å². The molecule has 1 amide bonds. The van der Waals surface area contributed by atoms with E-state index in [9.17, 15) is 18.0 Å². The van der Waals surface area contributed by atoms with Gasteiger partial charge in [-0.25, -0.2) is 4.79 Å². The molecule has 2 aromatic heterocycles. The van der Waals surface area contributed by atoms with E-state index in [-0.39, 0.29) is 18.1 Å². The fourth-order valence-electron chi connectivity index (χ4n) is 3.71. The quantitative estimate of drug-likeness (QED) is 0.731. The highest BCUT2D eigenvalue weighted by atomic mass is 19.4. The Hall–Kier alpha value is -2.79. The molecule has 0 saturated carbocycles. The maximum Gasteiger partial charge on any atom is 0.490 e. The van der Waals surface area contributed by atoms with E-state index >= 15 is 0 Å². The van der Waals surface area contributed by atoms with Crippen LogP contribution in [0, 0.1) is 0 Å². The average molecular weight is 444 g/mol. The fourth-order valence-corrected chi connectivity index (χ4v) is 3.71. The van der Waals surface area contributed by atoms with Crippen LogP contribution in [-0.4, -0.2) is 52.9 Å². The lowest BCUT2D eigenvalue weighted by Gasteiger charge is -2.35. The van der Waals surface area contributed by atoms with Crippen LogP contribution in [0.4, 0.5) is 13.2 Å². The molecule has 0 bridgehead atoms. The summed E-state index contributed by atoms with van der Waals surface area (Å²) < 4.78 is 48.5. The molecule has 11 heteroatoms. The van der Waals surface area contributed by atoms with Crippen molar-refractivity contribution in [1.29, 1.82) is 0 Å². The number of fused-ring (bicyclic) bond motifs is 1. The highest BCUT2D eigenvalue weighted by Crippen LogP contribution is 2.32. The number of hydrogen-bond donors (Lipinski definition) is 2. The topological polar surface area (TPSA) is 105 Å². The molecule has 2 N–H and O–H groups in total. The molecule has 2 saturated heterocycles. The number of carbonyl (C=O) groups excluding carboxylic acids is 1. The number of rotatable bonds is 5. The molecule has 0 aromatic carbocycles. The summed E-state index contributed by atoms with van der Waals surface area (Å²) in [6, 6.07) is 7.96. The predicted molar refractivity (Wildman–Crippen MR) is 99.7 cm³/mol. The Bertz CT molecular complexity index is 838. The summed E-state index contributed by atoms with van der Waals surface area (Å²) in [4.78, 5) is 23.6. The van der Waals surface area contributed by atoms with Crippen LogP contribution < -0.4 is 5.32 Å². The highest BCUT2D eigenvalue weighted by Gasteiger charge is 2.41. The Morgan fingerprint density at radius 2 is 1.74 bits per heavy atom. The second-order valence-electron chi connectivity index (χ2n) is 7.25. The predicted octanol–water partition coefficient (Wildman–Crippen LogP) is 2.94. The fraction of sp³-hybridized carbons (Fsp3) is 0.500. The lowest BCUT2D eigenvalue weighted by Crippen LogP contribution is -2.47. The molecule has 31 heavy (non-hydrogen) atoms. The number of nitrogens with zero attached hydrogens (tertiary/aromatic N) is 1. The first-order chi connectivity index (χ1) is 14.7. The SMILES string of the molecule is O=C(NCc1ccco1)[C@H]1CC[C@@H]2[C@@H](CCN2Cc2ccco2)O1.O=C(O)C(F)(F)F. The van der Waals surface area contributed by atoms with Crippen LogP contribution in [0.2, 0.25) is 0 Å². The van der Waals surface area contributed by atoms with Gasteiger partial charge in [-0.15, -0.1) is 0 Å². The first-order valence-electron chi connectivity index (χ1n) is 9.76. The first kappa shape index (κ1) is 22.9. The largest absolute Gasteiger partial charge is 0.490 e. The van der Waals surface area contributed by atoms with Crippen LogP contribution in [0.15, 0.2) is 45.6 Å².